The molecule has 9 nitrogen and oxygen atoms in total. The van der Waals surface area contributed by atoms with Crippen molar-refractivity contribution in [2.45, 2.75) is 9.79 Å². The quantitative estimate of drug-likeness (QED) is 0.714. The van der Waals surface area contributed by atoms with Crippen LogP contribution in [-0.4, -0.2) is 65.2 Å². The Kier molecular flexibility index (Phi) is 6.23. The third-order valence-electron chi connectivity index (χ3n) is 4.81. The molecule has 1 heterocycles. The number of amides is 1. The zero-order valence-electron chi connectivity index (χ0n) is 16.1. The van der Waals surface area contributed by atoms with Crippen molar-refractivity contribution in [1.82, 2.24) is 13.9 Å². The lowest BCUT2D eigenvalue weighted by Gasteiger charge is -2.34. The minimum absolute atomic E-state index is 0.0230. The zero-order valence-corrected chi connectivity index (χ0v) is 17.8. The maximum atomic E-state index is 12.9. The number of benzene rings is 2. The molecule has 0 unspecified atom stereocenters. The van der Waals surface area contributed by atoms with Crippen LogP contribution in [0.1, 0.15) is 15.9 Å². The fourth-order valence-corrected chi connectivity index (χ4v) is 5.49. The number of sulfonamides is 2. The molecule has 2 aromatic carbocycles. The van der Waals surface area contributed by atoms with Crippen molar-refractivity contribution in [3.63, 3.8) is 0 Å². The van der Waals surface area contributed by atoms with Crippen molar-refractivity contribution in [1.29, 1.82) is 5.26 Å². The summed E-state index contributed by atoms with van der Waals surface area (Å²) in [5.41, 5.74) is 0.274. The minimum atomic E-state index is -3.86. The van der Waals surface area contributed by atoms with E-state index in [0.29, 0.717) is 0 Å². The van der Waals surface area contributed by atoms with Crippen molar-refractivity contribution in [2.24, 2.45) is 0 Å². The third kappa shape index (κ3) is 4.22. The molecule has 0 aromatic heterocycles. The third-order valence-corrected chi connectivity index (χ3v) is 8.18. The molecule has 30 heavy (non-hydrogen) atoms. The van der Waals surface area contributed by atoms with Crippen LogP contribution < -0.4 is 4.72 Å². The molecule has 3 rings (SSSR count). The fourth-order valence-electron chi connectivity index (χ4n) is 3.15. The van der Waals surface area contributed by atoms with E-state index in [4.69, 9.17) is 0 Å². The summed E-state index contributed by atoms with van der Waals surface area (Å²) in [6.45, 7) is 0.441. The molecule has 0 saturated carbocycles. The molecule has 1 fully saturated rings. The highest BCUT2D eigenvalue weighted by molar-refractivity contribution is 7.89. The van der Waals surface area contributed by atoms with Crippen LogP contribution in [0.15, 0.2) is 58.3 Å². The molecule has 0 bridgehead atoms. The number of piperazine rings is 1. The van der Waals surface area contributed by atoms with Crippen LogP contribution in [0, 0.1) is 11.3 Å². The molecule has 0 spiro atoms. The van der Waals surface area contributed by atoms with Gasteiger partial charge in [0.05, 0.1) is 15.4 Å². The Morgan fingerprint density at radius 2 is 1.67 bits per heavy atom. The van der Waals surface area contributed by atoms with Crippen LogP contribution in [-0.2, 0) is 20.0 Å². The maximum absolute atomic E-state index is 12.9. The number of nitriles is 1. The SMILES string of the molecule is CNS(=O)(=O)c1cccc(C(=O)N2CCN(S(=O)(=O)c3ccccc3C#N)CC2)c1. The first kappa shape index (κ1) is 21.9. The molecular weight excluding hydrogens is 428 g/mol. The van der Waals surface area contributed by atoms with Gasteiger partial charge in [0.25, 0.3) is 5.91 Å². The number of hydrogen-bond acceptors (Lipinski definition) is 6. The number of nitrogens with one attached hydrogen (secondary N) is 1. The predicted octanol–water partition coefficient (Wildman–Crippen LogP) is 0.613. The summed E-state index contributed by atoms with van der Waals surface area (Å²) >= 11 is 0. The van der Waals surface area contributed by atoms with E-state index in [1.807, 2.05) is 6.07 Å². The van der Waals surface area contributed by atoms with E-state index in [9.17, 15) is 26.9 Å². The monoisotopic (exact) mass is 448 g/mol. The summed E-state index contributed by atoms with van der Waals surface area (Å²) in [5.74, 6) is -0.377. The molecule has 1 amide bonds. The van der Waals surface area contributed by atoms with Crippen molar-refractivity contribution >= 4 is 26.0 Å². The second-order valence-corrected chi connectivity index (χ2v) is 10.3. The van der Waals surface area contributed by atoms with Crippen molar-refractivity contribution in [2.75, 3.05) is 33.2 Å². The zero-order chi connectivity index (χ0) is 21.9. The number of carbonyl (C=O) groups excluding carboxylic acids is 1. The predicted molar refractivity (Wildman–Crippen MR) is 109 cm³/mol. The Labute approximate surface area is 175 Å². The Morgan fingerprint density at radius 1 is 1.00 bits per heavy atom. The smallest absolute Gasteiger partial charge is 0.253 e. The number of hydrogen-bond donors (Lipinski definition) is 1. The number of rotatable bonds is 5. The van der Waals surface area contributed by atoms with E-state index in [1.54, 1.807) is 12.1 Å². The average molecular weight is 449 g/mol. The van der Waals surface area contributed by atoms with Crippen LogP contribution in [0.2, 0.25) is 0 Å². The standard InChI is InChI=1S/C19H20N4O5S2/c1-21-29(25,26)17-7-4-6-15(13-17)19(24)22-9-11-23(12-10-22)30(27,28)18-8-3-2-5-16(18)14-20/h2-8,13,21H,9-12H2,1H3. The van der Waals surface area contributed by atoms with Crippen LogP contribution in [0.4, 0.5) is 0 Å². The van der Waals surface area contributed by atoms with Crippen molar-refractivity contribution < 1.29 is 21.6 Å². The van der Waals surface area contributed by atoms with Gasteiger partial charge in [-0.05, 0) is 37.4 Å². The largest absolute Gasteiger partial charge is 0.336 e. The van der Waals surface area contributed by atoms with Gasteiger partial charge in [-0.15, -0.1) is 0 Å². The van der Waals surface area contributed by atoms with E-state index in [1.165, 1.54) is 52.7 Å². The second kappa shape index (κ2) is 8.53. The topological polar surface area (TPSA) is 128 Å². The Morgan fingerprint density at radius 3 is 2.30 bits per heavy atom. The van der Waals surface area contributed by atoms with Crippen LogP contribution in [0.3, 0.4) is 0 Å². The first-order valence-corrected chi connectivity index (χ1v) is 11.9. The Bertz CT molecular complexity index is 1210. The lowest BCUT2D eigenvalue weighted by atomic mass is 10.2. The number of nitrogens with zero attached hydrogens (tertiary/aromatic N) is 3. The van der Waals surface area contributed by atoms with Crippen molar-refractivity contribution in [3.05, 3.63) is 59.7 Å². The fraction of sp³-hybridized carbons (Fsp3) is 0.263. The molecule has 1 aliphatic heterocycles. The van der Waals surface area contributed by atoms with Crippen LogP contribution in [0.25, 0.3) is 0 Å². The normalized spacial score (nSPS) is 15.5. The first-order chi connectivity index (χ1) is 14.2. The second-order valence-electron chi connectivity index (χ2n) is 6.54. The van der Waals surface area contributed by atoms with Gasteiger partial charge in [-0.25, -0.2) is 21.6 Å². The summed E-state index contributed by atoms with van der Waals surface area (Å²) in [6.07, 6.45) is 0. The van der Waals surface area contributed by atoms with Gasteiger partial charge in [-0.3, -0.25) is 4.79 Å². The number of carbonyl (C=O) groups is 1. The maximum Gasteiger partial charge on any atom is 0.253 e. The molecule has 0 radical (unpaired) electrons. The minimum Gasteiger partial charge on any atom is -0.336 e. The molecule has 0 aliphatic carbocycles. The van der Waals surface area contributed by atoms with Gasteiger partial charge in [-0.1, -0.05) is 18.2 Å². The lowest BCUT2D eigenvalue weighted by Crippen LogP contribution is -2.50. The van der Waals surface area contributed by atoms with Gasteiger partial charge < -0.3 is 4.90 Å². The van der Waals surface area contributed by atoms with E-state index in [-0.39, 0.29) is 53.0 Å². The molecule has 158 valence electrons. The van der Waals surface area contributed by atoms with Gasteiger partial charge in [0.1, 0.15) is 6.07 Å². The van der Waals surface area contributed by atoms with Crippen LogP contribution in [0.5, 0.6) is 0 Å². The van der Waals surface area contributed by atoms with Gasteiger partial charge in [-0.2, -0.15) is 9.57 Å². The van der Waals surface area contributed by atoms with Gasteiger partial charge in [0, 0.05) is 31.7 Å². The van der Waals surface area contributed by atoms with E-state index in [0.717, 1.165) is 0 Å². The van der Waals surface area contributed by atoms with Crippen molar-refractivity contribution in [3.8, 4) is 6.07 Å². The summed E-state index contributed by atoms with van der Waals surface area (Å²) in [7, 11) is -6.26. The molecule has 2 aromatic rings. The van der Waals surface area contributed by atoms with E-state index >= 15 is 0 Å². The molecular formula is C19H20N4O5S2. The molecule has 0 atom stereocenters. The first-order valence-electron chi connectivity index (χ1n) is 9.03. The molecule has 1 aliphatic rings. The summed E-state index contributed by atoms with van der Waals surface area (Å²) in [4.78, 5) is 14.2. The molecule has 1 saturated heterocycles. The van der Waals surface area contributed by atoms with Gasteiger partial charge >= 0.3 is 0 Å². The average Bonchev–Trinajstić information content (AvgIpc) is 2.78. The van der Waals surface area contributed by atoms with E-state index < -0.39 is 20.0 Å². The Balaban J connectivity index is 1.75. The summed E-state index contributed by atoms with van der Waals surface area (Å²) in [6, 6.07) is 13.5. The molecule has 1 N–H and O–H groups in total. The highest BCUT2D eigenvalue weighted by atomic mass is 32.2. The van der Waals surface area contributed by atoms with Crippen LogP contribution >= 0.6 is 0 Å². The highest BCUT2D eigenvalue weighted by Crippen LogP contribution is 2.22. The van der Waals surface area contributed by atoms with Gasteiger partial charge in [0.2, 0.25) is 20.0 Å². The highest BCUT2D eigenvalue weighted by Gasteiger charge is 2.32. The van der Waals surface area contributed by atoms with E-state index in [2.05, 4.69) is 4.72 Å². The van der Waals surface area contributed by atoms with Gasteiger partial charge in [0.15, 0.2) is 0 Å². The summed E-state index contributed by atoms with van der Waals surface area (Å²) < 4.78 is 53.2. The molecule has 11 heteroatoms. The lowest BCUT2D eigenvalue weighted by molar-refractivity contribution is 0.0697. The summed E-state index contributed by atoms with van der Waals surface area (Å²) in [5, 5.41) is 9.19. The Hall–Kier alpha value is -2.78.